The molecule has 0 aromatic carbocycles. The minimum absolute atomic E-state index is 0.0289. The predicted molar refractivity (Wildman–Crippen MR) is 85.9 cm³/mol. The number of carboxylic acid groups (broad SMARTS) is 2. The summed E-state index contributed by atoms with van der Waals surface area (Å²) in [5, 5.41) is 17.5. The molecular formula is C17H31NO4. The number of nitrogens with zero attached hydrogens (tertiary/aromatic N) is 1. The van der Waals surface area contributed by atoms with Crippen LogP contribution in [0.25, 0.3) is 0 Å². The molecule has 1 aliphatic carbocycles. The second kappa shape index (κ2) is 9.82. The maximum absolute atomic E-state index is 10.9. The molecule has 0 amide bonds. The molecule has 1 unspecified atom stereocenters. The van der Waals surface area contributed by atoms with Crippen molar-refractivity contribution in [2.75, 3.05) is 6.54 Å². The first kappa shape index (κ1) is 18.9. The fourth-order valence-electron chi connectivity index (χ4n) is 3.33. The van der Waals surface area contributed by atoms with Gasteiger partial charge in [0, 0.05) is 6.04 Å². The largest absolute Gasteiger partial charge is 0.481 e. The molecule has 1 saturated heterocycles. The van der Waals surface area contributed by atoms with Crippen molar-refractivity contribution in [2.45, 2.75) is 83.7 Å². The monoisotopic (exact) mass is 313 g/mol. The van der Waals surface area contributed by atoms with Crippen molar-refractivity contribution >= 4 is 11.9 Å². The van der Waals surface area contributed by atoms with Crippen molar-refractivity contribution in [2.24, 2.45) is 5.92 Å². The molecule has 0 radical (unpaired) electrons. The van der Waals surface area contributed by atoms with Gasteiger partial charge in [-0.2, -0.15) is 0 Å². The zero-order chi connectivity index (χ0) is 16.5. The lowest BCUT2D eigenvalue weighted by atomic mass is 9.90. The molecule has 2 rings (SSSR count). The third-order valence-electron chi connectivity index (χ3n) is 4.94. The van der Waals surface area contributed by atoms with Crippen molar-refractivity contribution in [1.82, 2.24) is 4.90 Å². The number of piperidine rings is 1. The van der Waals surface area contributed by atoms with Gasteiger partial charge in [-0.25, -0.2) is 0 Å². The third-order valence-corrected chi connectivity index (χ3v) is 4.94. The molecule has 1 saturated carbocycles. The van der Waals surface area contributed by atoms with Gasteiger partial charge in [0.05, 0.1) is 5.92 Å². The second-order valence-corrected chi connectivity index (χ2v) is 6.52. The summed E-state index contributed by atoms with van der Waals surface area (Å²) in [6.45, 7) is 5.17. The van der Waals surface area contributed by atoms with Gasteiger partial charge in [-0.3, -0.25) is 14.5 Å². The molecule has 5 heteroatoms. The Labute approximate surface area is 133 Å². The molecular weight excluding hydrogens is 282 g/mol. The molecule has 1 aliphatic heterocycles. The van der Waals surface area contributed by atoms with Gasteiger partial charge in [-0.05, 0) is 45.6 Å². The molecule has 2 atom stereocenters. The van der Waals surface area contributed by atoms with E-state index in [-0.39, 0.29) is 12.0 Å². The maximum Gasteiger partial charge on any atom is 0.320 e. The molecule has 0 aromatic rings. The number of hydrogen-bond donors (Lipinski definition) is 2. The Bertz CT molecular complexity index is 353. The maximum atomic E-state index is 10.9. The van der Waals surface area contributed by atoms with Crippen LogP contribution in [0.1, 0.15) is 71.6 Å². The number of rotatable bonds is 4. The zero-order valence-electron chi connectivity index (χ0n) is 14.0. The van der Waals surface area contributed by atoms with E-state index in [0.29, 0.717) is 6.04 Å². The van der Waals surface area contributed by atoms with Gasteiger partial charge < -0.3 is 10.2 Å². The minimum atomic E-state index is -0.653. The third kappa shape index (κ3) is 5.95. The molecule has 0 spiro atoms. The van der Waals surface area contributed by atoms with Crippen LogP contribution in [0.15, 0.2) is 0 Å². The highest BCUT2D eigenvalue weighted by Crippen LogP contribution is 2.23. The number of likely N-dealkylation sites (tertiary alicyclic amines) is 1. The molecule has 2 aliphatic rings. The van der Waals surface area contributed by atoms with Gasteiger partial charge in [0.2, 0.25) is 0 Å². The van der Waals surface area contributed by atoms with Gasteiger partial charge in [0.1, 0.15) is 6.04 Å². The zero-order valence-corrected chi connectivity index (χ0v) is 14.0. The second-order valence-electron chi connectivity index (χ2n) is 6.52. The van der Waals surface area contributed by atoms with E-state index >= 15 is 0 Å². The van der Waals surface area contributed by atoms with Gasteiger partial charge in [0.25, 0.3) is 0 Å². The average molecular weight is 313 g/mol. The Balaban J connectivity index is 0.000000235. The van der Waals surface area contributed by atoms with Crippen LogP contribution in [0.4, 0.5) is 0 Å². The first-order valence-corrected chi connectivity index (χ1v) is 8.68. The normalized spacial score (nSPS) is 24.9. The number of carbonyl (C=O) groups is 2. The van der Waals surface area contributed by atoms with E-state index in [4.69, 9.17) is 10.2 Å². The smallest absolute Gasteiger partial charge is 0.320 e. The summed E-state index contributed by atoms with van der Waals surface area (Å²) in [5.74, 6) is -1.28. The molecule has 22 heavy (non-hydrogen) atoms. The van der Waals surface area contributed by atoms with Crippen LogP contribution < -0.4 is 0 Å². The Morgan fingerprint density at radius 1 is 1.00 bits per heavy atom. The molecule has 0 aromatic heterocycles. The van der Waals surface area contributed by atoms with Crippen LogP contribution in [-0.4, -0.2) is 45.7 Å². The Kier molecular flexibility index (Phi) is 8.46. The first-order valence-electron chi connectivity index (χ1n) is 8.68. The van der Waals surface area contributed by atoms with Gasteiger partial charge in [-0.15, -0.1) is 0 Å². The fraction of sp³-hybridized carbons (Fsp3) is 0.882. The van der Waals surface area contributed by atoms with E-state index in [0.717, 1.165) is 57.9 Å². The van der Waals surface area contributed by atoms with Crippen molar-refractivity contribution in [3.05, 3.63) is 0 Å². The van der Waals surface area contributed by atoms with Gasteiger partial charge >= 0.3 is 11.9 Å². The Morgan fingerprint density at radius 2 is 1.59 bits per heavy atom. The summed E-state index contributed by atoms with van der Waals surface area (Å²) in [6, 6.07) is 0.171. The number of carboxylic acids is 2. The SMILES string of the molecule is CCC(C)N1CCCC[C@@H]1C(=O)O.O=C(O)C1CCCCC1. The summed E-state index contributed by atoms with van der Waals surface area (Å²) in [7, 11) is 0. The van der Waals surface area contributed by atoms with Crippen molar-refractivity contribution < 1.29 is 19.8 Å². The van der Waals surface area contributed by atoms with Crippen LogP contribution in [-0.2, 0) is 9.59 Å². The van der Waals surface area contributed by atoms with Crippen LogP contribution in [0.5, 0.6) is 0 Å². The van der Waals surface area contributed by atoms with E-state index in [9.17, 15) is 9.59 Å². The molecule has 128 valence electrons. The quantitative estimate of drug-likeness (QED) is 0.832. The lowest BCUT2D eigenvalue weighted by Crippen LogP contribution is -2.48. The van der Waals surface area contributed by atoms with Gasteiger partial charge in [0.15, 0.2) is 0 Å². The van der Waals surface area contributed by atoms with E-state index in [2.05, 4.69) is 18.7 Å². The highest BCUT2D eigenvalue weighted by Gasteiger charge is 2.30. The molecule has 0 bridgehead atoms. The first-order chi connectivity index (χ1) is 10.5. The molecule has 1 heterocycles. The summed E-state index contributed by atoms with van der Waals surface area (Å²) in [5.41, 5.74) is 0. The van der Waals surface area contributed by atoms with Crippen LogP contribution in [0.2, 0.25) is 0 Å². The van der Waals surface area contributed by atoms with Crippen LogP contribution in [0.3, 0.4) is 0 Å². The van der Waals surface area contributed by atoms with Crippen molar-refractivity contribution in [3.8, 4) is 0 Å². The standard InChI is InChI=1S/C10H19NO2.C7H12O2/c1-3-8(2)11-7-5-4-6-9(11)10(12)13;8-7(9)6-4-2-1-3-5-6/h8-9H,3-7H2,1-2H3,(H,12,13);6H,1-5H2,(H,8,9)/t8?,9-;/m1./s1. The topological polar surface area (TPSA) is 77.8 Å². The van der Waals surface area contributed by atoms with Crippen molar-refractivity contribution in [1.29, 1.82) is 0 Å². The molecule has 2 N–H and O–H groups in total. The highest BCUT2D eigenvalue weighted by molar-refractivity contribution is 5.73. The Morgan fingerprint density at radius 3 is 2.05 bits per heavy atom. The van der Waals surface area contributed by atoms with E-state index in [1.807, 2.05) is 0 Å². The van der Waals surface area contributed by atoms with Crippen LogP contribution in [0, 0.1) is 5.92 Å². The summed E-state index contributed by atoms with van der Waals surface area (Å²) < 4.78 is 0. The lowest BCUT2D eigenvalue weighted by molar-refractivity contribution is -0.146. The van der Waals surface area contributed by atoms with E-state index in [1.165, 1.54) is 6.42 Å². The number of aliphatic carboxylic acids is 2. The number of hydrogen-bond acceptors (Lipinski definition) is 3. The highest BCUT2D eigenvalue weighted by atomic mass is 16.4. The van der Waals surface area contributed by atoms with Gasteiger partial charge in [-0.1, -0.05) is 32.6 Å². The summed E-state index contributed by atoms with van der Waals surface area (Å²) in [6.07, 6.45) is 9.30. The van der Waals surface area contributed by atoms with E-state index < -0.39 is 11.9 Å². The van der Waals surface area contributed by atoms with E-state index in [1.54, 1.807) is 0 Å². The average Bonchev–Trinajstić information content (AvgIpc) is 2.55. The molecule has 5 nitrogen and oxygen atoms in total. The van der Waals surface area contributed by atoms with Crippen molar-refractivity contribution in [3.63, 3.8) is 0 Å². The minimum Gasteiger partial charge on any atom is -0.481 e. The van der Waals surface area contributed by atoms with Crippen LogP contribution >= 0.6 is 0 Å². The lowest BCUT2D eigenvalue weighted by Gasteiger charge is -2.37. The summed E-state index contributed by atoms with van der Waals surface area (Å²) >= 11 is 0. The predicted octanol–water partition coefficient (Wildman–Crippen LogP) is 3.38. The molecule has 2 fully saturated rings. The fourth-order valence-corrected chi connectivity index (χ4v) is 3.33. The Hall–Kier alpha value is -1.10. The summed E-state index contributed by atoms with van der Waals surface area (Å²) in [4.78, 5) is 23.4.